The predicted molar refractivity (Wildman–Crippen MR) is 103 cm³/mol. The van der Waals surface area contributed by atoms with Crippen LogP contribution in [0.1, 0.15) is 58.5 Å². The Hall–Kier alpha value is -2.88. The fraction of sp³-hybridized carbons (Fsp3) is 0.273. The van der Waals surface area contributed by atoms with E-state index in [-0.39, 0.29) is 11.9 Å². The van der Waals surface area contributed by atoms with E-state index >= 15 is 0 Å². The van der Waals surface area contributed by atoms with Crippen LogP contribution in [0.2, 0.25) is 0 Å². The first-order chi connectivity index (χ1) is 12.7. The maximum absolute atomic E-state index is 12.6. The number of carbonyl (C=O) groups is 2. The second kappa shape index (κ2) is 10.2. The third kappa shape index (κ3) is 5.59. The topological polar surface area (TPSA) is 55.4 Å². The van der Waals surface area contributed by atoms with Crippen molar-refractivity contribution >= 4 is 11.9 Å². The Morgan fingerprint density at radius 2 is 1.69 bits per heavy atom. The fourth-order valence-corrected chi connectivity index (χ4v) is 2.56. The molecule has 1 unspecified atom stereocenters. The van der Waals surface area contributed by atoms with Crippen LogP contribution < -0.4 is 5.32 Å². The number of benzene rings is 2. The number of nitrogens with one attached hydrogen (secondary N) is 1. The number of hydrogen-bond donors (Lipinski definition) is 1. The Morgan fingerprint density at radius 1 is 1.04 bits per heavy atom. The third-order valence-electron chi connectivity index (χ3n) is 4.07. The Kier molecular flexibility index (Phi) is 7.62. The molecule has 2 aromatic rings. The highest BCUT2D eigenvalue weighted by Crippen LogP contribution is 2.16. The number of rotatable bonds is 8. The van der Waals surface area contributed by atoms with Gasteiger partial charge in [0.15, 0.2) is 0 Å². The quantitative estimate of drug-likeness (QED) is 0.426. The average molecular weight is 351 g/mol. The van der Waals surface area contributed by atoms with E-state index in [0.717, 1.165) is 24.8 Å². The number of unbranched alkanes of at least 4 members (excludes halogenated alkanes) is 2. The summed E-state index contributed by atoms with van der Waals surface area (Å²) in [6, 6.07) is 16.1. The van der Waals surface area contributed by atoms with Crippen LogP contribution in [0.4, 0.5) is 0 Å². The van der Waals surface area contributed by atoms with E-state index in [1.165, 1.54) is 7.11 Å². The molecule has 0 fully saturated rings. The minimum absolute atomic E-state index is 0.185. The Labute approximate surface area is 154 Å². The summed E-state index contributed by atoms with van der Waals surface area (Å²) in [4.78, 5) is 24.1. The molecule has 0 saturated carbocycles. The van der Waals surface area contributed by atoms with Gasteiger partial charge in [0.05, 0.1) is 18.7 Å². The maximum Gasteiger partial charge on any atom is 0.337 e. The van der Waals surface area contributed by atoms with Gasteiger partial charge in [0.2, 0.25) is 0 Å². The van der Waals surface area contributed by atoms with E-state index in [9.17, 15) is 9.59 Å². The zero-order valence-electron chi connectivity index (χ0n) is 15.3. The Balaban J connectivity index is 2.12. The van der Waals surface area contributed by atoms with Crippen molar-refractivity contribution in [2.75, 3.05) is 7.11 Å². The molecule has 0 radical (unpaired) electrons. The number of carbonyl (C=O) groups excluding carboxylic acids is 2. The zero-order chi connectivity index (χ0) is 18.8. The highest BCUT2D eigenvalue weighted by Gasteiger charge is 2.14. The minimum atomic E-state index is -0.419. The molecule has 0 spiro atoms. The molecule has 0 heterocycles. The van der Waals surface area contributed by atoms with Crippen LogP contribution in [0.15, 0.2) is 66.7 Å². The number of ether oxygens (including phenoxy) is 1. The van der Waals surface area contributed by atoms with Gasteiger partial charge >= 0.3 is 5.97 Å². The molecule has 1 N–H and O–H groups in total. The van der Waals surface area contributed by atoms with E-state index in [1.807, 2.05) is 36.4 Å². The monoisotopic (exact) mass is 351 g/mol. The highest BCUT2D eigenvalue weighted by molar-refractivity contribution is 5.96. The molecule has 1 atom stereocenters. The summed E-state index contributed by atoms with van der Waals surface area (Å²) < 4.78 is 4.67. The van der Waals surface area contributed by atoms with Gasteiger partial charge in [-0.25, -0.2) is 4.79 Å². The first-order valence-electron chi connectivity index (χ1n) is 8.86. The average Bonchev–Trinajstić information content (AvgIpc) is 2.70. The van der Waals surface area contributed by atoms with Crippen molar-refractivity contribution in [3.05, 3.63) is 83.4 Å². The number of methoxy groups -OCH3 is 1. The van der Waals surface area contributed by atoms with Gasteiger partial charge in [-0.3, -0.25) is 4.79 Å². The number of hydrogen-bond acceptors (Lipinski definition) is 3. The molecule has 4 heteroatoms. The molecule has 4 nitrogen and oxygen atoms in total. The van der Waals surface area contributed by atoms with Crippen LogP contribution in [0.3, 0.4) is 0 Å². The van der Waals surface area contributed by atoms with Crippen molar-refractivity contribution in [2.24, 2.45) is 0 Å². The highest BCUT2D eigenvalue weighted by atomic mass is 16.5. The van der Waals surface area contributed by atoms with Crippen LogP contribution in [-0.2, 0) is 4.74 Å². The number of amides is 1. The molecular weight excluding hydrogens is 326 g/mol. The smallest absolute Gasteiger partial charge is 0.337 e. The van der Waals surface area contributed by atoms with Gasteiger partial charge in [0.25, 0.3) is 5.91 Å². The summed E-state index contributed by atoms with van der Waals surface area (Å²) in [7, 11) is 1.33. The van der Waals surface area contributed by atoms with Crippen molar-refractivity contribution in [2.45, 2.75) is 32.2 Å². The van der Waals surface area contributed by atoms with Crippen molar-refractivity contribution in [1.29, 1.82) is 0 Å². The summed E-state index contributed by atoms with van der Waals surface area (Å²) in [5, 5.41) is 3.05. The third-order valence-corrected chi connectivity index (χ3v) is 4.07. The maximum atomic E-state index is 12.6. The molecule has 0 aliphatic carbocycles. The molecular formula is C22H25NO3. The SMILES string of the molecule is CCCCC=CC(NC(=O)c1ccc(C(=O)OC)cc1)c1ccccc1. The predicted octanol–water partition coefficient (Wildman–Crippen LogP) is 4.69. The molecule has 2 aromatic carbocycles. The summed E-state index contributed by atoms with van der Waals surface area (Å²) >= 11 is 0. The first kappa shape index (κ1) is 19.4. The van der Waals surface area contributed by atoms with Crippen molar-refractivity contribution in [1.82, 2.24) is 5.32 Å². The van der Waals surface area contributed by atoms with E-state index in [1.54, 1.807) is 24.3 Å². The van der Waals surface area contributed by atoms with E-state index < -0.39 is 5.97 Å². The molecule has 0 bridgehead atoms. The molecule has 0 aliphatic heterocycles. The number of allylic oxidation sites excluding steroid dienone is 1. The van der Waals surface area contributed by atoms with Crippen LogP contribution in [0.5, 0.6) is 0 Å². The Bertz CT molecular complexity index is 736. The van der Waals surface area contributed by atoms with Crippen molar-refractivity contribution in [3.63, 3.8) is 0 Å². The van der Waals surface area contributed by atoms with Crippen LogP contribution in [0.25, 0.3) is 0 Å². The molecule has 2 rings (SSSR count). The van der Waals surface area contributed by atoms with Gasteiger partial charge < -0.3 is 10.1 Å². The van der Waals surface area contributed by atoms with Crippen molar-refractivity contribution in [3.8, 4) is 0 Å². The van der Waals surface area contributed by atoms with Crippen LogP contribution in [-0.4, -0.2) is 19.0 Å². The lowest BCUT2D eigenvalue weighted by Crippen LogP contribution is -2.27. The van der Waals surface area contributed by atoms with Crippen LogP contribution >= 0.6 is 0 Å². The van der Waals surface area contributed by atoms with Gasteiger partial charge in [-0.2, -0.15) is 0 Å². The second-order valence-electron chi connectivity index (χ2n) is 6.00. The molecule has 1 amide bonds. The summed E-state index contributed by atoms with van der Waals surface area (Å²) in [6.45, 7) is 2.16. The molecule has 0 aliphatic rings. The molecule has 0 aromatic heterocycles. The zero-order valence-corrected chi connectivity index (χ0v) is 15.3. The van der Waals surface area contributed by atoms with Crippen molar-refractivity contribution < 1.29 is 14.3 Å². The lowest BCUT2D eigenvalue weighted by Gasteiger charge is -2.16. The Morgan fingerprint density at radius 3 is 2.31 bits per heavy atom. The largest absolute Gasteiger partial charge is 0.465 e. The summed E-state index contributed by atoms with van der Waals surface area (Å²) in [5.41, 5.74) is 1.95. The lowest BCUT2D eigenvalue weighted by molar-refractivity contribution is 0.0600. The lowest BCUT2D eigenvalue weighted by atomic mass is 10.0. The van der Waals surface area contributed by atoms with Gasteiger partial charge in [-0.1, -0.05) is 62.2 Å². The van der Waals surface area contributed by atoms with Crippen LogP contribution in [0, 0.1) is 0 Å². The van der Waals surface area contributed by atoms with Gasteiger partial charge in [0, 0.05) is 5.56 Å². The van der Waals surface area contributed by atoms with Gasteiger partial charge in [-0.15, -0.1) is 0 Å². The minimum Gasteiger partial charge on any atom is -0.465 e. The van der Waals surface area contributed by atoms with E-state index in [4.69, 9.17) is 0 Å². The van der Waals surface area contributed by atoms with E-state index in [2.05, 4.69) is 23.1 Å². The summed E-state index contributed by atoms with van der Waals surface area (Å²) in [5.74, 6) is -0.603. The standard InChI is InChI=1S/C22H25NO3/c1-3-4-5-9-12-20(17-10-7-6-8-11-17)23-21(24)18-13-15-19(16-14-18)22(25)26-2/h6-16,20H,3-5H2,1-2H3,(H,23,24). The fourth-order valence-electron chi connectivity index (χ4n) is 2.56. The normalized spacial score (nSPS) is 11.9. The second-order valence-corrected chi connectivity index (χ2v) is 6.00. The number of esters is 1. The van der Waals surface area contributed by atoms with Gasteiger partial charge in [0.1, 0.15) is 0 Å². The van der Waals surface area contributed by atoms with Gasteiger partial charge in [-0.05, 0) is 36.2 Å². The molecule has 26 heavy (non-hydrogen) atoms. The van der Waals surface area contributed by atoms with E-state index in [0.29, 0.717) is 11.1 Å². The molecule has 0 saturated heterocycles. The first-order valence-corrected chi connectivity index (χ1v) is 8.86. The molecule has 136 valence electrons. The summed E-state index contributed by atoms with van der Waals surface area (Å²) in [6.07, 6.45) is 7.40.